The molecule has 4 heteroatoms. The van der Waals surface area contributed by atoms with Gasteiger partial charge in [-0.25, -0.2) is 0 Å². The number of halogens is 1. The van der Waals surface area contributed by atoms with Crippen molar-refractivity contribution >= 4 is 11.6 Å². The summed E-state index contributed by atoms with van der Waals surface area (Å²) < 4.78 is 2.05. The van der Waals surface area contributed by atoms with Crippen molar-refractivity contribution in [1.29, 1.82) is 0 Å². The second-order valence-corrected chi connectivity index (χ2v) is 4.69. The monoisotopic (exact) mass is 257 g/mol. The van der Waals surface area contributed by atoms with Gasteiger partial charge in [0.25, 0.3) is 0 Å². The van der Waals surface area contributed by atoms with E-state index < -0.39 is 0 Å². The van der Waals surface area contributed by atoms with Crippen molar-refractivity contribution < 1.29 is 0 Å². The number of rotatable bonds is 7. The SMILES string of the molecule is CCc1nn(CC)c(CCC(CC)NC)c1Cl. The third-order valence-electron chi connectivity index (χ3n) is 3.32. The topological polar surface area (TPSA) is 29.9 Å². The van der Waals surface area contributed by atoms with E-state index in [2.05, 4.69) is 31.2 Å². The van der Waals surface area contributed by atoms with Gasteiger partial charge < -0.3 is 5.32 Å². The maximum Gasteiger partial charge on any atom is 0.0849 e. The molecule has 1 aromatic rings. The Bertz CT molecular complexity index is 343. The molecule has 0 saturated heterocycles. The molecule has 1 aromatic heterocycles. The highest BCUT2D eigenvalue weighted by atomic mass is 35.5. The van der Waals surface area contributed by atoms with E-state index in [-0.39, 0.29) is 0 Å². The zero-order valence-corrected chi connectivity index (χ0v) is 12.1. The van der Waals surface area contributed by atoms with E-state index in [0.29, 0.717) is 6.04 Å². The predicted molar refractivity (Wildman–Crippen MR) is 73.7 cm³/mol. The van der Waals surface area contributed by atoms with Crippen LogP contribution in [-0.4, -0.2) is 22.9 Å². The molecule has 0 aliphatic rings. The molecule has 0 spiro atoms. The predicted octanol–water partition coefficient (Wildman–Crippen LogP) is 3.05. The van der Waals surface area contributed by atoms with Gasteiger partial charge in [-0.05, 0) is 39.7 Å². The summed E-state index contributed by atoms with van der Waals surface area (Å²) in [5.74, 6) is 0. The molecule has 0 saturated carbocycles. The molecule has 17 heavy (non-hydrogen) atoms. The van der Waals surface area contributed by atoms with Crippen LogP contribution in [0.5, 0.6) is 0 Å². The molecule has 0 bridgehead atoms. The third kappa shape index (κ3) is 3.46. The lowest BCUT2D eigenvalue weighted by Crippen LogP contribution is -2.25. The summed E-state index contributed by atoms with van der Waals surface area (Å²) in [5, 5.41) is 8.74. The van der Waals surface area contributed by atoms with Crippen LogP contribution in [-0.2, 0) is 19.4 Å². The van der Waals surface area contributed by atoms with Gasteiger partial charge in [0, 0.05) is 12.6 Å². The lowest BCUT2D eigenvalue weighted by atomic mass is 10.1. The van der Waals surface area contributed by atoms with Gasteiger partial charge >= 0.3 is 0 Å². The average Bonchev–Trinajstić information content (AvgIpc) is 2.67. The molecule has 0 aliphatic heterocycles. The molecule has 0 fully saturated rings. The van der Waals surface area contributed by atoms with E-state index in [1.165, 1.54) is 5.69 Å². The standard InChI is InChI=1S/C13H24ClN3/c1-5-10(15-4)8-9-12-13(14)11(6-2)16-17(12)7-3/h10,15H,5-9H2,1-4H3. The van der Waals surface area contributed by atoms with Crippen LogP contribution < -0.4 is 5.32 Å². The normalized spacial score (nSPS) is 13.0. The smallest absolute Gasteiger partial charge is 0.0849 e. The maximum absolute atomic E-state index is 6.37. The highest BCUT2D eigenvalue weighted by Gasteiger charge is 2.15. The quantitative estimate of drug-likeness (QED) is 0.814. The molecule has 1 unspecified atom stereocenters. The summed E-state index contributed by atoms with van der Waals surface area (Å²) in [4.78, 5) is 0. The Balaban J connectivity index is 2.78. The summed E-state index contributed by atoms with van der Waals surface area (Å²) in [5.41, 5.74) is 2.22. The average molecular weight is 258 g/mol. The third-order valence-corrected chi connectivity index (χ3v) is 3.76. The van der Waals surface area contributed by atoms with Crippen LogP contribution in [0.2, 0.25) is 5.02 Å². The van der Waals surface area contributed by atoms with Crippen molar-refractivity contribution in [2.24, 2.45) is 0 Å². The second-order valence-electron chi connectivity index (χ2n) is 4.31. The van der Waals surface area contributed by atoms with Gasteiger partial charge in [0.1, 0.15) is 0 Å². The van der Waals surface area contributed by atoms with Crippen LogP contribution in [0.3, 0.4) is 0 Å². The summed E-state index contributed by atoms with van der Waals surface area (Å²) >= 11 is 6.37. The van der Waals surface area contributed by atoms with Gasteiger partial charge in [-0.3, -0.25) is 4.68 Å². The summed E-state index contributed by atoms with van der Waals surface area (Å²) in [6, 6.07) is 0.566. The van der Waals surface area contributed by atoms with Crippen LogP contribution in [0.4, 0.5) is 0 Å². The first-order chi connectivity index (χ1) is 8.17. The van der Waals surface area contributed by atoms with E-state index in [1.807, 2.05) is 11.7 Å². The van der Waals surface area contributed by atoms with Crippen LogP contribution in [0.25, 0.3) is 0 Å². The fraction of sp³-hybridized carbons (Fsp3) is 0.769. The summed E-state index contributed by atoms with van der Waals surface area (Å²) in [6.07, 6.45) is 4.16. The van der Waals surface area contributed by atoms with Gasteiger partial charge in [0.2, 0.25) is 0 Å². The van der Waals surface area contributed by atoms with Crippen molar-refractivity contribution in [3.63, 3.8) is 0 Å². The van der Waals surface area contributed by atoms with E-state index >= 15 is 0 Å². The van der Waals surface area contributed by atoms with E-state index in [4.69, 9.17) is 11.6 Å². The number of aryl methyl sites for hydroxylation is 2. The lowest BCUT2D eigenvalue weighted by Gasteiger charge is -2.14. The molecule has 1 heterocycles. The molecule has 1 N–H and O–H groups in total. The van der Waals surface area contributed by atoms with Crippen LogP contribution >= 0.6 is 11.6 Å². The Morgan fingerprint density at radius 2 is 2.06 bits per heavy atom. The molecule has 1 rings (SSSR count). The zero-order chi connectivity index (χ0) is 12.8. The van der Waals surface area contributed by atoms with Gasteiger partial charge in [0.05, 0.1) is 16.4 Å². The highest BCUT2D eigenvalue weighted by molar-refractivity contribution is 6.31. The summed E-state index contributed by atoms with van der Waals surface area (Å²) in [6.45, 7) is 7.31. The first-order valence-corrected chi connectivity index (χ1v) is 6.96. The van der Waals surface area contributed by atoms with Crippen molar-refractivity contribution in [3.8, 4) is 0 Å². The Morgan fingerprint density at radius 3 is 2.53 bits per heavy atom. The highest BCUT2D eigenvalue weighted by Crippen LogP contribution is 2.23. The first-order valence-electron chi connectivity index (χ1n) is 6.59. The van der Waals surface area contributed by atoms with Gasteiger partial charge in [-0.1, -0.05) is 25.4 Å². The molecule has 0 aliphatic carbocycles. The van der Waals surface area contributed by atoms with Crippen molar-refractivity contribution in [2.45, 2.75) is 59.0 Å². The van der Waals surface area contributed by atoms with Crippen LogP contribution in [0.1, 0.15) is 45.0 Å². The van der Waals surface area contributed by atoms with Crippen LogP contribution in [0, 0.1) is 0 Å². The fourth-order valence-corrected chi connectivity index (χ4v) is 2.48. The number of aromatic nitrogens is 2. The van der Waals surface area contributed by atoms with E-state index in [1.54, 1.807) is 0 Å². The Labute approximate surface area is 110 Å². The first kappa shape index (κ1) is 14.5. The second kappa shape index (κ2) is 7.02. The molecule has 0 radical (unpaired) electrons. The molecular formula is C13H24ClN3. The number of nitrogens with zero attached hydrogens (tertiary/aromatic N) is 2. The number of nitrogens with one attached hydrogen (secondary N) is 1. The zero-order valence-electron chi connectivity index (χ0n) is 11.4. The minimum atomic E-state index is 0.566. The minimum Gasteiger partial charge on any atom is -0.317 e. The van der Waals surface area contributed by atoms with E-state index in [9.17, 15) is 0 Å². The van der Waals surface area contributed by atoms with Crippen LogP contribution in [0.15, 0.2) is 0 Å². The molecule has 1 atom stereocenters. The Hall–Kier alpha value is -0.540. The van der Waals surface area contributed by atoms with Gasteiger partial charge in [-0.2, -0.15) is 5.10 Å². The Morgan fingerprint density at radius 1 is 1.35 bits per heavy atom. The molecule has 3 nitrogen and oxygen atoms in total. The number of hydrogen-bond donors (Lipinski definition) is 1. The van der Waals surface area contributed by atoms with Crippen molar-refractivity contribution in [3.05, 3.63) is 16.4 Å². The summed E-state index contributed by atoms with van der Waals surface area (Å²) in [7, 11) is 2.02. The molecule has 0 aromatic carbocycles. The Kier molecular flexibility index (Phi) is 6.00. The van der Waals surface area contributed by atoms with Gasteiger partial charge in [-0.15, -0.1) is 0 Å². The molecule has 0 amide bonds. The maximum atomic E-state index is 6.37. The van der Waals surface area contributed by atoms with Crippen molar-refractivity contribution in [2.75, 3.05) is 7.05 Å². The minimum absolute atomic E-state index is 0.566. The van der Waals surface area contributed by atoms with E-state index in [0.717, 1.165) is 42.9 Å². The number of hydrogen-bond acceptors (Lipinski definition) is 2. The largest absolute Gasteiger partial charge is 0.317 e. The lowest BCUT2D eigenvalue weighted by molar-refractivity contribution is 0.494. The fourth-order valence-electron chi connectivity index (χ4n) is 2.12. The molecule has 98 valence electrons. The molecular weight excluding hydrogens is 234 g/mol. The van der Waals surface area contributed by atoms with Gasteiger partial charge in [0.15, 0.2) is 0 Å². The van der Waals surface area contributed by atoms with Crippen molar-refractivity contribution in [1.82, 2.24) is 15.1 Å².